The summed E-state index contributed by atoms with van der Waals surface area (Å²) in [7, 11) is 2.04. The quantitative estimate of drug-likeness (QED) is 0.887. The molecule has 2 aromatic rings. The highest BCUT2D eigenvalue weighted by atomic mass is 32.2. The Kier molecular flexibility index (Phi) is 4.85. The van der Waals surface area contributed by atoms with E-state index in [0.29, 0.717) is 11.4 Å². The number of carboxylic acids is 1. The maximum Gasteiger partial charge on any atom is 0.346 e. The summed E-state index contributed by atoms with van der Waals surface area (Å²) in [6.45, 7) is 1.65. The van der Waals surface area contributed by atoms with E-state index in [-0.39, 0.29) is 0 Å². The Labute approximate surface area is 121 Å². The summed E-state index contributed by atoms with van der Waals surface area (Å²) in [6, 6.07) is 7.91. The minimum absolute atomic E-state index is 0.470. The first-order valence-corrected chi connectivity index (χ1v) is 8.25. The van der Waals surface area contributed by atoms with Gasteiger partial charge >= 0.3 is 5.97 Å². The Hall–Kier alpha value is -1.04. The van der Waals surface area contributed by atoms with Crippen molar-refractivity contribution in [1.29, 1.82) is 0 Å². The number of nitrogens with zero attached hydrogens (tertiary/aromatic N) is 1. The summed E-state index contributed by atoms with van der Waals surface area (Å²) in [5.74, 6) is 0.232. The summed E-state index contributed by atoms with van der Waals surface area (Å²) in [5, 5.41) is 10.4. The average Bonchev–Trinajstić information content (AvgIpc) is 2.76. The van der Waals surface area contributed by atoms with Crippen LogP contribution in [0, 0.1) is 0 Å². The molecule has 1 aromatic heterocycles. The SMILES string of the molecule is CSCCN(C)Cc1c(C(=O)O)sc2ccccc12. The molecule has 2 rings (SSSR count). The Morgan fingerprint density at radius 1 is 1.42 bits per heavy atom. The molecule has 19 heavy (non-hydrogen) atoms. The Morgan fingerprint density at radius 2 is 2.16 bits per heavy atom. The molecule has 0 saturated heterocycles. The lowest BCUT2D eigenvalue weighted by Gasteiger charge is -2.16. The number of carbonyl (C=O) groups is 1. The van der Waals surface area contributed by atoms with E-state index in [0.717, 1.165) is 27.9 Å². The number of hydrogen-bond donors (Lipinski definition) is 1. The number of carboxylic acid groups (broad SMARTS) is 1. The Bertz CT molecular complexity index is 580. The van der Waals surface area contributed by atoms with Gasteiger partial charge in [-0.05, 0) is 30.3 Å². The van der Waals surface area contributed by atoms with Gasteiger partial charge < -0.3 is 10.0 Å². The predicted molar refractivity (Wildman–Crippen MR) is 83.5 cm³/mol. The lowest BCUT2D eigenvalue weighted by molar-refractivity contribution is 0.0700. The first-order valence-electron chi connectivity index (χ1n) is 6.04. The normalized spacial score (nSPS) is 11.3. The second kappa shape index (κ2) is 6.41. The number of thiophene rings is 1. The lowest BCUT2D eigenvalue weighted by Crippen LogP contribution is -2.21. The van der Waals surface area contributed by atoms with Crippen LogP contribution in [0.5, 0.6) is 0 Å². The van der Waals surface area contributed by atoms with E-state index in [2.05, 4.69) is 11.2 Å². The van der Waals surface area contributed by atoms with E-state index >= 15 is 0 Å². The molecule has 102 valence electrons. The zero-order valence-electron chi connectivity index (χ0n) is 11.0. The van der Waals surface area contributed by atoms with Crippen molar-refractivity contribution in [2.24, 2.45) is 0 Å². The van der Waals surface area contributed by atoms with E-state index in [1.807, 2.05) is 31.3 Å². The van der Waals surface area contributed by atoms with E-state index in [9.17, 15) is 9.90 Å². The van der Waals surface area contributed by atoms with E-state index in [4.69, 9.17) is 0 Å². The van der Waals surface area contributed by atoms with Gasteiger partial charge in [0, 0.05) is 23.5 Å². The first kappa shape index (κ1) is 14.4. The van der Waals surface area contributed by atoms with E-state index < -0.39 is 5.97 Å². The molecule has 0 bridgehead atoms. The van der Waals surface area contributed by atoms with Gasteiger partial charge in [0.1, 0.15) is 4.88 Å². The van der Waals surface area contributed by atoms with Crippen molar-refractivity contribution in [3.8, 4) is 0 Å². The fourth-order valence-electron chi connectivity index (χ4n) is 2.02. The zero-order valence-corrected chi connectivity index (χ0v) is 12.7. The molecule has 3 nitrogen and oxygen atoms in total. The highest BCUT2D eigenvalue weighted by Gasteiger charge is 2.18. The van der Waals surface area contributed by atoms with Crippen LogP contribution in [0.1, 0.15) is 15.2 Å². The monoisotopic (exact) mass is 295 g/mol. The average molecular weight is 295 g/mol. The molecule has 0 aliphatic carbocycles. The maximum absolute atomic E-state index is 11.4. The van der Waals surface area contributed by atoms with Crippen LogP contribution in [0.15, 0.2) is 24.3 Å². The van der Waals surface area contributed by atoms with Gasteiger partial charge in [0.25, 0.3) is 0 Å². The molecule has 5 heteroatoms. The second-order valence-electron chi connectivity index (χ2n) is 4.44. The van der Waals surface area contributed by atoms with Crippen LogP contribution in [-0.2, 0) is 6.54 Å². The van der Waals surface area contributed by atoms with E-state index in [1.54, 1.807) is 11.8 Å². The molecule has 0 amide bonds. The number of hydrogen-bond acceptors (Lipinski definition) is 4. The molecule has 0 spiro atoms. The molecule has 0 atom stereocenters. The predicted octanol–water partition coefficient (Wildman–Crippen LogP) is 3.39. The largest absolute Gasteiger partial charge is 0.477 e. The number of thioether (sulfide) groups is 1. The van der Waals surface area contributed by atoms with Crippen LogP contribution >= 0.6 is 23.1 Å². The van der Waals surface area contributed by atoms with Gasteiger partial charge in [-0.1, -0.05) is 18.2 Å². The van der Waals surface area contributed by atoms with Crippen LogP contribution in [0.25, 0.3) is 10.1 Å². The smallest absolute Gasteiger partial charge is 0.346 e. The molecule has 1 heterocycles. The van der Waals surface area contributed by atoms with Gasteiger partial charge in [0.15, 0.2) is 0 Å². The standard InChI is InChI=1S/C14H17NO2S2/c1-15(7-8-18-2)9-11-10-5-3-4-6-12(10)19-13(11)14(16)17/h3-6H,7-9H2,1-2H3,(H,16,17). The molecule has 0 saturated carbocycles. The molecule has 0 aliphatic heterocycles. The van der Waals surface area contributed by atoms with Crippen molar-refractivity contribution in [1.82, 2.24) is 4.90 Å². The Morgan fingerprint density at radius 3 is 2.84 bits per heavy atom. The van der Waals surface area contributed by atoms with E-state index in [1.165, 1.54) is 11.3 Å². The third-order valence-corrected chi connectivity index (χ3v) is 4.79. The molecule has 0 radical (unpaired) electrons. The summed E-state index contributed by atoms with van der Waals surface area (Å²) in [5.41, 5.74) is 0.941. The topological polar surface area (TPSA) is 40.5 Å². The van der Waals surface area contributed by atoms with Gasteiger partial charge in [-0.25, -0.2) is 4.79 Å². The molecule has 0 aliphatic rings. The maximum atomic E-state index is 11.4. The zero-order chi connectivity index (χ0) is 13.8. The van der Waals surface area contributed by atoms with Gasteiger partial charge in [-0.15, -0.1) is 11.3 Å². The lowest BCUT2D eigenvalue weighted by atomic mass is 10.1. The molecule has 0 fully saturated rings. The van der Waals surface area contributed by atoms with Crippen molar-refractivity contribution in [3.05, 3.63) is 34.7 Å². The van der Waals surface area contributed by atoms with Crippen LogP contribution in [0.2, 0.25) is 0 Å². The number of aromatic carboxylic acids is 1. The van der Waals surface area contributed by atoms with Gasteiger partial charge in [0.2, 0.25) is 0 Å². The molecule has 0 unspecified atom stereocenters. The van der Waals surface area contributed by atoms with Crippen LogP contribution in [-0.4, -0.2) is 41.6 Å². The summed E-state index contributed by atoms with van der Waals surface area (Å²) < 4.78 is 1.05. The van der Waals surface area contributed by atoms with Gasteiger partial charge in [0.05, 0.1) is 0 Å². The molecular weight excluding hydrogens is 278 g/mol. The first-order chi connectivity index (χ1) is 9.13. The molecule has 1 N–H and O–H groups in total. The molecular formula is C14H17NO2S2. The number of rotatable bonds is 6. The fourth-order valence-corrected chi connectivity index (χ4v) is 3.57. The fraction of sp³-hybridized carbons (Fsp3) is 0.357. The summed E-state index contributed by atoms with van der Waals surface area (Å²) in [4.78, 5) is 14.0. The van der Waals surface area contributed by atoms with Crippen LogP contribution in [0.3, 0.4) is 0 Å². The summed E-state index contributed by atoms with van der Waals surface area (Å²) in [6.07, 6.45) is 2.08. The number of fused-ring (bicyclic) bond motifs is 1. The third kappa shape index (κ3) is 3.29. The van der Waals surface area contributed by atoms with Crippen LogP contribution < -0.4 is 0 Å². The molecule has 1 aromatic carbocycles. The minimum Gasteiger partial charge on any atom is -0.477 e. The highest BCUT2D eigenvalue weighted by Crippen LogP contribution is 2.32. The van der Waals surface area contributed by atoms with Crippen LogP contribution in [0.4, 0.5) is 0 Å². The van der Waals surface area contributed by atoms with Gasteiger partial charge in [-0.2, -0.15) is 11.8 Å². The third-order valence-electron chi connectivity index (χ3n) is 3.00. The minimum atomic E-state index is -0.825. The van der Waals surface area contributed by atoms with Crippen molar-refractivity contribution >= 4 is 39.2 Å². The van der Waals surface area contributed by atoms with Gasteiger partial charge in [-0.3, -0.25) is 0 Å². The van der Waals surface area contributed by atoms with Crippen molar-refractivity contribution in [3.63, 3.8) is 0 Å². The second-order valence-corrected chi connectivity index (χ2v) is 6.48. The van der Waals surface area contributed by atoms with Crippen molar-refractivity contribution < 1.29 is 9.90 Å². The summed E-state index contributed by atoms with van der Waals surface area (Å²) >= 11 is 3.17. The van der Waals surface area contributed by atoms with Crippen molar-refractivity contribution in [2.75, 3.05) is 25.6 Å². The Balaban J connectivity index is 2.34. The van der Waals surface area contributed by atoms with Crippen molar-refractivity contribution in [2.45, 2.75) is 6.54 Å². The number of benzene rings is 1. The highest BCUT2D eigenvalue weighted by molar-refractivity contribution is 7.98.